The molecule has 13 heteroatoms. The fraction of sp³-hybridized carbons (Fsp3) is 0.400. The molecule has 38 heavy (non-hydrogen) atoms. The van der Waals surface area contributed by atoms with Gasteiger partial charge in [-0.3, -0.25) is 10.1 Å². The van der Waals surface area contributed by atoms with Crippen molar-refractivity contribution in [1.82, 2.24) is 5.32 Å². The van der Waals surface area contributed by atoms with Gasteiger partial charge in [0.05, 0.1) is 11.1 Å². The van der Waals surface area contributed by atoms with E-state index in [1.54, 1.807) is 0 Å². The number of rotatable bonds is 4. The second-order valence-corrected chi connectivity index (χ2v) is 10.7. The minimum Gasteiger partial charge on any atom is -0.480 e. The molecule has 0 aromatic heterocycles. The first-order valence-electron chi connectivity index (χ1n) is 11.0. The molecule has 3 N–H and O–H groups in total. The summed E-state index contributed by atoms with van der Waals surface area (Å²) in [5.41, 5.74) is -2.15. The Morgan fingerprint density at radius 1 is 1.11 bits per heavy atom. The van der Waals surface area contributed by atoms with Crippen molar-refractivity contribution in [3.8, 4) is 6.07 Å². The summed E-state index contributed by atoms with van der Waals surface area (Å²) in [6.07, 6.45) is -4.74. The van der Waals surface area contributed by atoms with E-state index in [-0.39, 0.29) is 26.6 Å². The maximum absolute atomic E-state index is 15.2. The summed E-state index contributed by atoms with van der Waals surface area (Å²) in [5, 5.41) is 30.5. The van der Waals surface area contributed by atoms with Crippen LogP contribution in [0.25, 0.3) is 0 Å². The Morgan fingerprint density at radius 2 is 1.68 bits per heavy atom. The third-order valence-electron chi connectivity index (χ3n) is 5.96. The summed E-state index contributed by atoms with van der Waals surface area (Å²) in [6.45, 7) is 5.79. The van der Waals surface area contributed by atoms with Crippen molar-refractivity contribution >= 4 is 35.1 Å². The van der Waals surface area contributed by atoms with E-state index in [0.29, 0.717) is 6.42 Å². The van der Waals surface area contributed by atoms with Crippen molar-refractivity contribution in [2.75, 3.05) is 0 Å². The molecule has 0 spiro atoms. The van der Waals surface area contributed by atoms with E-state index in [1.165, 1.54) is 30.3 Å². The Morgan fingerprint density at radius 3 is 2.13 bits per heavy atom. The zero-order valence-electron chi connectivity index (χ0n) is 20.2. The second-order valence-electron chi connectivity index (χ2n) is 9.83. The van der Waals surface area contributed by atoms with Gasteiger partial charge in [-0.1, -0.05) is 62.2 Å². The van der Waals surface area contributed by atoms with Gasteiger partial charge in [-0.2, -0.15) is 18.4 Å². The van der Waals surface area contributed by atoms with Gasteiger partial charge in [-0.15, -0.1) is 0 Å². The van der Waals surface area contributed by atoms with Gasteiger partial charge in [-0.05, 0) is 35.6 Å². The van der Waals surface area contributed by atoms with E-state index >= 15 is 8.78 Å². The summed E-state index contributed by atoms with van der Waals surface area (Å²) >= 11 is 11.9. The van der Waals surface area contributed by atoms with Gasteiger partial charge in [0.2, 0.25) is 0 Å². The molecule has 1 fully saturated rings. The molecule has 6 nitrogen and oxygen atoms in total. The SMILES string of the molecule is CC(C)(C)C[C@@H]1N[C@@H](C(=O)O)[C@H](c2cccc(Cl)c2F)[C@@]1(C#N)c1ccc(Cl)cc1F.O=C(O)C(F)(F)F. The van der Waals surface area contributed by atoms with Crippen LogP contribution in [0.4, 0.5) is 22.0 Å². The van der Waals surface area contributed by atoms with E-state index in [0.717, 1.165) is 6.07 Å². The van der Waals surface area contributed by atoms with Gasteiger partial charge in [0, 0.05) is 22.5 Å². The van der Waals surface area contributed by atoms with Crippen LogP contribution in [0, 0.1) is 28.4 Å². The van der Waals surface area contributed by atoms with Gasteiger partial charge < -0.3 is 10.2 Å². The van der Waals surface area contributed by atoms with Crippen LogP contribution in [0.3, 0.4) is 0 Å². The van der Waals surface area contributed by atoms with Crippen molar-refractivity contribution in [3.05, 3.63) is 69.2 Å². The number of nitrogens with one attached hydrogen (secondary N) is 1. The lowest BCUT2D eigenvalue weighted by atomic mass is 9.62. The zero-order valence-corrected chi connectivity index (χ0v) is 21.7. The molecule has 0 unspecified atom stereocenters. The normalized spacial score (nSPS) is 23.2. The number of hydrogen-bond donors (Lipinski definition) is 3. The van der Waals surface area contributed by atoms with Crippen LogP contribution >= 0.6 is 23.2 Å². The van der Waals surface area contributed by atoms with Crippen LogP contribution in [0.15, 0.2) is 36.4 Å². The van der Waals surface area contributed by atoms with Crippen LogP contribution < -0.4 is 5.32 Å². The standard InChI is InChI=1S/C23H22Cl2F2N2O2.C2HF3O2/c1-22(2,3)10-17-23(11-28,14-8-7-12(24)9-16(14)26)18(20(29-17)21(30)31)13-5-4-6-15(25)19(13)27;3-2(4,5)1(6)7/h4-9,17-18,20,29H,10H2,1-3H3,(H,30,31);(H,6,7)/t17-,18-,20+,23-;/m0./s1. The molecule has 4 atom stereocenters. The highest BCUT2D eigenvalue weighted by molar-refractivity contribution is 6.31. The molecule has 0 radical (unpaired) electrons. The quantitative estimate of drug-likeness (QED) is 0.365. The third kappa shape index (κ3) is 6.54. The minimum atomic E-state index is -5.08. The Kier molecular flexibility index (Phi) is 9.41. The number of alkyl halides is 3. The number of carboxylic acids is 2. The number of carbonyl (C=O) groups is 2. The molecule has 206 valence electrons. The highest BCUT2D eigenvalue weighted by Crippen LogP contribution is 2.52. The number of nitrogens with zero attached hydrogens (tertiary/aromatic N) is 1. The first-order valence-corrected chi connectivity index (χ1v) is 11.7. The third-order valence-corrected chi connectivity index (χ3v) is 6.48. The van der Waals surface area contributed by atoms with Crippen molar-refractivity contribution in [1.29, 1.82) is 5.26 Å². The summed E-state index contributed by atoms with van der Waals surface area (Å²) in [4.78, 5) is 21.1. The average Bonchev–Trinajstić information content (AvgIpc) is 3.08. The predicted molar refractivity (Wildman–Crippen MR) is 129 cm³/mol. The van der Waals surface area contributed by atoms with Gasteiger partial charge in [0.1, 0.15) is 23.1 Å². The number of hydrogen-bond acceptors (Lipinski definition) is 4. The fourth-order valence-electron chi connectivity index (χ4n) is 4.54. The van der Waals surface area contributed by atoms with E-state index < -0.39 is 53.2 Å². The van der Waals surface area contributed by atoms with E-state index in [9.17, 15) is 28.3 Å². The molecule has 3 rings (SSSR count). The average molecular weight is 581 g/mol. The van der Waals surface area contributed by atoms with E-state index in [4.69, 9.17) is 33.1 Å². The van der Waals surface area contributed by atoms with E-state index in [1.807, 2.05) is 20.8 Å². The molecule has 0 amide bonds. The zero-order chi connectivity index (χ0) is 29.2. The molecule has 1 aliphatic rings. The summed E-state index contributed by atoms with van der Waals surface area (Å²) in [7, 11) is 0. The lowest BCUT2D eigenvalue weighted by molar-refractivity contribution is -0.192. The van der Waals surface area contributed by atoms with Crippen molar-refractivity contribution in [3.63, 3.8) is 0 Å². The molecule has 1 heterocycles. The summed E-state index contributed by atoms with van der Waals surface area (Å²) < 4.78 is 62.1. The van der Waals surface area contributed by atoms with Gasteiger partial charge in [0.15, 0.2) is 0 Å². The molecule has 2 aromatic carbocycles. The van der Waals surface area contributed by atoms with Crippen molar-refractivity contribution in [2.24, 2.45) is 5.41 Å². The van der Waals surface area contributed by atoms with Crippen molar-refractivity contribution in [2.45, 2.75) is 56.8 Å². The maximum Gasteiger partial charge on any atom is 0.490 e. The second kappa shape index (κ2) is 11.4. The van der Waals surface area contributed by atoms with Crippen molar-refractivity contribution < 1.29 is 41.8 Å². The lowest BCUT2D eigenvalue weighted by Crippen LogP contribution is -2.44. The molecular formula is C25H23Cl2F5N2O4. The van der Waals surface area contributed by atoms with Crippen LogP contribution in [0.1, 0.15) is 44.2 Å². The lowest BCUT2D eigenvalue weighted by Gasteiger charge is -2.37. The maximum atomic E-state index is 15.2. The number of halogens is 7. The first-order chi connectivity index (χ1) is 17.4. The van der Waals surface area contributed by atoms with Crippen LogP contribution in [0.5, 0.6) is 0 Å². The summed E-state index contributed by atoms with van der Waals surface area (Å²) in [5.74, 6) is -6.85. The molecule has 2 aromatic rings. The highest BCUT2D eigenvalue weighted by atomic mass is 35.5. The Hall–Kier alpha value is -2.94. The number of aliphatic carboxylic acids is 2. The molecule has 0 bridgehead atoms. The van der Waals surface area contributed by atoms with Gasteiger partial charge in [0.25, 0.3) is 0 Å². The number of carboxylic acid groups (broad SMARTS) is 2. The monoisotopic (exact) mass is 580 g/mol. The van der Waals surface area contributed by atoms with E-state index in [2.05, 4.69) is 11.4 Å². The highest BCUT2D eigenvalue weighted by Gasteiger charge is 2.61. The Balaban J connectivity index is 0.000000638. The Bertz CT molecular complexity index is 1260. The molecule has 1 aliphatic heterocycles. The van der Waals surface area contributed by atoms with Gasteiger partial charge >= 0.3 is 18.1 Å². The smallest absolute Gasteiger partial charge is 0.480 e. The Labute approximate surface area is 225 Å². The summed E-state index contributed by atoms with van der Waals surface area (Å²) in [6, 6.07) is 8.16. The molecule has 0 aliphatic carbocycles. The number of benzene rings is 2. The number of nitriles is 1. The molecule has 0 saturated carbocycles. The fourth-order valence-corrected chi connectivity index (χ4v) is 4.88. The largest absolute Gasteiger partial charge is 0.490 e. The van der Waals surface area contributed by atoms with Crippen LogP contribution in [-0.2, 0) is 15.0 Å². The first kappa shape index (κ1) is 31.3. The minimum absolute atomic E-state index is 0.0331. The van der Waals surface area contributed by atoms with Crippen LogP contribution in [-0.4, -0.2) is 40.4 Å². The molecule has 1 saturated heterocycles. The molecular weight excluding hydrogens is 558 g/mol. The van der Waals surface area contributed by atoms with Crippen LogP contribution in [0.2, 0.25) is 10.0 Å². The van der Waals surface area contributed by atoms with Gasteiger partial charge in [-0.25, -0.2) is 13.6 Å². The predicted octanol–water partition coefficient (Wildman–Crippen LogP) is 6.31. The topological polar surface area (TPSA) is 110 Å².